The summed E-state index contributed by atoms with van der Waals surface area (Å²) in [7, 11) is 3.32. The first-order valence-corrected chi connectivity index (χ1v) is 10.7. The summed E-state index contributed by atoms with van der Waals surface area (Å²) in [6, 6.07) is 13.9. The third kappa shape index (κ3) is 5.49. The van der Waals surface area contributed by atoms with Gasteiger partial charge in [-0.25, -0.2) is 0 Å². The molecule has 10 heteroatoms. The lowest BCUT2D eigenvalue weighted by molar-refractivity contribution is -0.115. The van der Waals surface area contributed by atoms with Crippen LogP contribution in [-0.4, -0.2) is 41.4 Å². The summed E-state index contributed by atoms with van der Waals surface area (Å²) in [6.45, 7) is 1.80. The Morgan fingerprint density at radius 3 is 2.47 bits per heavy atom. The number of ether oxygens (including phenoxy) is 1. The third-order valence-electron chi connectivity index (χ3n) is 4.04. The van der Waals surface area contributed by atoms with Gasteiger partial charge in [0, 0.05) is 18.3 Å². The average Bonchev–Trinajstić information content (AvgIpc) is 3.22. The summed E-state index contributed by atoms with van der Waals surface area (Å²) in [5, 5.41) is 16.9. The van der Waals surface area contributed by atoms with Gasteiger partial charge < -0.3 is 20.7 Å². The van der Waals surface area contributed by atoms with Gasteiger partial charge in [0.2, 0.25) is 11.0 Å². The van der Waals surface area contributed by atoms with Crippen LogP contribution in [0.25, 0.3) is 0 Å². The van der Waals surface area contributed by atoms with Gasteiger partial charge in [0.25, 0.3) is 5.91 Å². The van der Waals surface area contributed by atoms with Gasteiger partial charge in [-0.1, -0.05) is 35.2 Å². The lowest BCUT2D eigenvalue weighted by Crippen LogP contribution is -2.22. The van der Waals surface area contributed by atoms with E-state index in [-0.39, 0.29) is 17.1 Å². The molecule has 0 aliphatic heterocycles. The van der Waals surface area contributed by atoms with E-state index in [4.69, 9.17) is 4.74 Å². The molecule has 3 aromatic rings. The second kappa shape index (κ2) is 10.1. The maximum atomic E-state index is 12.5. The van der Waals surface area contributed by atoms with Crippen molar-refractivity contribution in [1.82, 2.24) is 10.2 Å². The molecule has 0 radical (unpaired) electrons. The summed E-state index contributed by atoms with van der Waals surface area (Å²) in [5.41, 5.74) is 1.66. The molecule has 1 atom stereocenters. The van der Waals surface area contributed by atoms with E-state index >= 15 is 0 Å². The van der Waals surface area contributed by atoms with Crippen molar-refractivity contribution in [1.29, 1.82) is 0 Å². The highest BCUT2D eigenvalue weighted by Gasteiger charge is 2.17. The van der Waals surface area contributed by atoms with E-state index in [2.05, 4.69) is 26.1 Å². The number of anilines is 3. The number of methoxy groups -OCH3 is 1. The number of hydrogen-bond donors (Lipinski definition) is 3. The van der Waals surface area contributed by atoms with Crippen molar-refractivity contribution >= 4 is 51.4 Å². The summed E-state index contributed by atoms with van der Waals surface area (Å²) >= 11 is 2.73. The van der Waals surface area contributed by atoms with E-state index < -0.39 is 0 Å². The molecular formula is C20H21N5O3S2. The van der Waals surface area contributed by atoms with Gasteiger partial charge in [-0.3, -0.25) is 9.59 Å². The highest BCUT2D eigenvalue weighted by molar-refractivity contribution is 8.02. The lowest BCUT2D eigenvalue weighted by Gasteiger charge is -2.12. The summed E-state index contributed by atoms with van der Waals surface area (Å²) in [6.07, 6.45) is 0. The number of para-hydroxylation sites is 2. The van der Waals surface area contributed by atoms with Crippen LogP contribution in [0.2, 0.25) is 0 Å². The third-order valence-corrected chi connectivity index (χ3v) is 6.16. The number of hydrogen-bond acceptors (Lipinski definition) is 8. The first kappa shape index (κ1) is 21.6. The molecule has 1 heterocycles. The number of carbonyl (C=O) groups is 2. The van der Waals surface area contributed by atoms with Gasteiger partial charge in [-0.2, -0.15) is 0 Å². The van der Waals surface area contributed by atoms with Crippen molar-refractivity contribution in [2.45, 2.75) is 16.5 Å². The Bertz CT molecular complexity index is 1020. The second-order valence-electron chi connectivity index (χ2n) is 6.10. The predicted molar refractivity (Wildman–Crippen MR) is 121 cm³/mol. The van der Waals surface area contributed by atoms with Crippen molar-refractivity contribution in [3.05, 3.63) is 54.1 Å². The quantitative estimate of drug-likeness (QED) is 0.453. The lowest BCUT2D eigenvalue weighted by atomic mass is 10.2. The number of thioether (sulfide) groups is 1. The summed E-state index contributed by atoms with van der Waals surface area (Å²) in [4.78, 5) is 24.9. The molecule has 0 fully saturated rings. The minimum absolute atomic E-state index is 0.160. The maximum absolute atomic E-state index is 12.5. The number of amides is 2. The van der Waals surface area contributed by atoms with Crippen molar-refractivity contribution < 1.29 is 14.3 Å². The molecule has 1 unspecified atom stereocenters. The van der Waals surface area contributed by atoms with E-state index in [1.807, 2.05) is 12.1 Å². The Kier molecular flexibility index (Phi) is 7.26. The van der Waals surface area contributed by atoms with Crippen LogP contribution in [-0.2, 0) is 4.79 Å². The molecule has 3 N–H and O–H groups in total. The minimum atomic E-state index is -0.351. The van der Waals surface area contributed by atoms with Gasteiger partial charge in [-0.05, 0) is 43.3 Å². The molecular weight excluding hydrogens is 422 g/mol. The van der Waals surface area contributed by atoms with E-state index in [9.17, 15) is 9.59 Å². The monoisotopic (exact) mass is 443 g/mol. The fourth-order valence-corrected chi connectivity index (χ4v) is 4.30. The highest BCUT2D eigenvalue weighted by Crippen LogP contribution is 2.29. The topological polar surface area (TPSA) is 105 Å². The van der Waals surface area contributed by atoms with Crippen LogP contribution >= 0.6 is 23.1 Å². The molecule has 3 rings (SSSR count). The first-order chi connectivity index (χ1) is 14.5. The number of nitrogens with one attached hydrogen (secondary N) is 3. The SMILES string of the molecule is CNc1nnc(SC(C)C(=O)Nc2ccc(C(=O)Nc3ccccc3OC)cc2)s1. The van der Waals surface area contributed by atoms with E-state index in [0.29, 0.717) is 32.2 Å². The van der Waals surface area contributed by atoms with E-state index in [0.717, 1.165) is 0 Å². The van der Waals surface area contributed by atoms with Crippen molar-refractivity contribution in [3.63, 3.8) is 0 Å². The molecule has 30 heavy (non-hydrogen) atoms. The maximum Gasteiger partial charge on any atom is 0.255 e. The van der Waals surface area contributed by atoms with Crippen LogP contribution in [0.4, 0.5) is 16.5 Å². The zero-order chi connectivity index (χ0) is 21.5. The smallest absolute Gasteiger partial charge is 0.255 e. The molecule has 2 aromatic carbocycles. The van der Waals surface area contributed by atoms with Crippen molar-refractivity contribution in [3.8, 4) is 5.75 Å². The van der Waals surface area contributed by atoms with Gasteiger partial charge in [0.05, 0.1) is 18.0 Å². The van der Waals surface area contributed by atoms with Gasteiger partial charge in [0.15, 0.2) is 4.34 Å². The predicted octanol–water partition coefficient (Wildman–Crippen LogP) is 3.96. The van der Waals surface area contributed by atoms with E-state index in [1.54, 1.807) is 57.5 Å². The molecule has 0 saturated heterocycles. The molecule has 8 nitrogen and oxygen atoms in total. The van der Waals surface area contributed by atoms with Crippen molar-refractivity contribution in [2.75, 3.05) is 30.1 Å². The minimum Gasteiger partial charge on any atom is -0.495 e. The molecule has 0 aliphatic rings. The fraction of sp³-hybridized carbons (Fsp3) is 0.200. The Morgan fingerprint density at radius 1 is 1.07 bits per heavy atom. The molecule has 1 aromatic heterocycles. The van der Waals surface area contributed by atoms with Crippen LogP contribution in [0, 0.1) is 0 Å². The number of benzene rings is 2. The Labute approximate surface area is 182 Å². The van der Waals surface area contributed by atoms with Gasteiger partial charge in [0.1, 0.15) is 5.75 Å². The number of carbonyl (C=O) groups excluding carboxylic acids is 2. The average molecular weight is 444 g/mol. The normalized spacial score (nSPS) is 11.4. The number of rotatable bonds is 8. The number of aromatic nitrogens is 2. The molecule has 0 bridgehead atoms. The Hall–Kier alpha value is -3.11. The van der Waals surface area contributed by atoms with Crippen LogP contribution in [0.1, 0.15) is 17.3 Å². The van der Waals surface area contributed by atoms with Crippen LogP contribution in [0.5, 0.6) is 5.75 Å². The van der Waals surface area contributed by atoms with E-state index in [1.165, 1.54) is 23.1 Å². The number of nitrogens with zero attached hydrogens (tertiary/aromatic N) is 2. The van der Waals surface area contributed by atoms with Crippen LogP contribution < -0.4 is 20.7 Å². The molecule has 0 aliphatic carbocycles. The second-order valence-corrected chi connectivity index (χ2v) is 8.67. The zero-order valence-corrected chi connectivity index (χ0v) is 18.3. The zero-order valence-electron chi connectivity index (χ0n) is 16.6. The molecule has 2 amide bonds. The molecule has 0 spiro atoms. The molecule has 0 saturated carbocycles. The van der Waals surface area contributed by atoms with Gasteiger partial charge >= 0.3 is 0 Å². The van der Waals surface area contributed by atoms with Gasteiger partial charge in [-0.15, -0.1) is 10.2 Å². The summed E-state index contributed by atoms with van der Waals surface area (Å²) < 4.78 is 5.96. The largest absolute Gasteiger partial charge is 0.495 e. The Morgan fingerprint density at radius 2 is 1.80 bits per heavy atom. The van der Waals surface area contributed by atoms with Crippen LogP contribution in [0.3, 0.4) is 0 Å². The Balaban J connectivity index is 1.58. The van der Waals surface area contributed by atoms with Crippen molar-refractivity contribution in [2.24, 2.45) is 0 Å². The summed E-state index contributed by atoms with van der Waals surface area (Å²) in [5.74, 6) is 0.156. The fourth-order valence-electron chi connectivity index (χ4n) is 2.45. The van der Waals surface area contributed by atoms with Crippen LogP contribution in [0.15, 0.2) is 52.9 Å². The highest BCUT2D eigenvalue weighted by atomic mass is 32.2. The first-order valence-electron chi connectivity index (χ1n) is 9.03. The molecule has 156 valence electrons. The standard InChI is InChI=1S/C20H21N5O3S2/c1-12(29-20-25-24-19(21-2)30-20)17(26)22-14-10-8-13(9-11-14)18(27)23-15-6-4-5-7-16(15)28-3/h4-12H,1-3H3,(H,21,24)(H,22,26)(H,23,27).